The number of aliphatic hydroxyl groups is 1. The first-order valence-electron chi connectivity index (χ1n) is 8.17. The monoisotopic (exact) mass is 274 g/mol. The van der Waals surface area contributed by atoms with Gasteiger partial charge in [0.05, 0.1) is 6.10 Å². The molecule has 1 aromatic rings. The molecule has 1 N–H and O–H groups in total. The summed E-state index contributed by atoms with van der Waals surface area (Å²) in [5.74, 6) is 0.669. The van der Waals surface area contributed by atoms with Crippen molar-refractivity contribution in [1.82, 2.24) is 0 Å². The fourth-order valence-electron chi connectivity index (χ4n) is 3.94. The molecule has 1 aromatic carbocycles. The molecule has 1 fully saturated rings. The highest BCUT2D eigenvalue weighted by Gasteiger charge is 2.40. The minimum Gasteiger partial charge on any atom is -0.392 e. The number of hydrogen-bond donors (Lipinski definition) is 1. The summed E-state index contributed by atoms with van der Waals surface area (Å²) in [7, 11) is 0. The summed E-state index contributed by atoms with van der Waals surface area (Å²) in [6.07, 6.45) is 6.78. The van der Waals surface area contributed by atoms with E-state index in [-0.39, 0.29) is 11.5 Å². The highest BCUT2D eigenvalue weighted by molar-refractivity contribution is 5.30. The van der Waals surface area contributed by atoms with Gasteiger partial charge in [-0.15, -0.1) is 0 Å². The van der Waals surface area contributed by atoms with Crippen LogP contribution in [-0.4, -0.2) is 11.2 Å². The third-order valence-electron chi connectivity index (χ3n) is 5.12. The lowest BCUT2D eigenvalue weighted by atomic mass is 9.72. The van der Waals surface area contributed by atoms with Crippen molar-refractivity contribution in [3.8, 4) is 0 Å². The van der Waals surface area contributed by atoms with Crippen molar-refractivity contribution in [2.24, 2.45) is 11.3 Å². The molecular formula is C19H30O. The largest absolute Gasteiger partial charge is 0.392 e. The van der Waals surface area contributed by atoms with Crippen LogP contribution in [0.15, 0.2) is 18.2 Å². The van der Waals surface area contributed by atoms with E-state index in [0.717, 1.165) is 6.42 Å². The number of aliphatic hydroxyl groups excluding tert-OH is 1. The van der Waals surface area contributed by atoms with Gasteiger partial charge in [-0.1, -0.05) is 44.9 Å². The van der Waals surface area contributed by atoms with Gasteiger partial charge < -0.3 is 5.11 Å². The van der Waals surface area contributed by atoms with Gasteiger partial charge in [0, 0.05) is 0 Å². The average Bonchev–Trinajstić information content (AvgIpc) is 2.83. The van der Waals surface area contributed by atoms with Crippen molar-refractivity contribution in [3.63, 3.8) is 0 Å². The molecule has 112 valence electrons. The lowest BCUT2D eigenvalue weighted by molar-refractivity contribution is 0.0134. The molecule has 0 radical (unpaired) electrons. The maximum atomic E-state index is 10.9. The topological polar surface area (TPSA) is 20.2 Å². The van der Waals surface area contributed by atoms with Gasteiger partial charge in [-0.05, 0) is 67.6 Å². The molecular weight excluding hydrogens is 244 g/mol. The molecule has 1 atom stereocenters. The zero-order chi connectivity index (χ0) is 14.8. The fourth-order valence-corrected chi connectivity index (χ4v) is 3.94. The van der Waals surface area contributed by atoms with Crippen LogP contribution in [-0.2, 0) is 6.42 Å². The quantitative estimate of drug-likeness (QED) is 0.816. The van der Waals surface area contributed by atoms with Gasteiger partial charge in [0.15, 0.2) is 0 Å². The lowest BCUT2D eigenvalue weighted by Gasteiger charge is -2.36. The van der Waals surface area contributed by atoms with Crippen LogP contribution in [0.5, 0.6) is 0 Å². The van der Waals surface area contributed by atoms with Crippen LogP contribution in [0.1, 0.15) is 62.6 Å². The van der Waals surface area contributed by atoms with Gasteiger partial charge in [-0.2, -0.15) is 0 Å². The second-order valence-electron chi connectivity index (χ2n) is 7.31. The summed E-state index contributed by atoms with van der Waals surface area (Å²) in [6, 6.07) is 6.61. The maximum Gasteiger partial charge on any atom is 0.0636 e. The molecule has 0 heterocycles. The molecule has 1 saturated carbocycles. The van der Waals surface area contributed by atoms with Crippen molar-refractivity contribution in [3.05, 3.63) is 34.9 Å². The summed E-state index contributed by atoms with van der Waals surface area (Å²) in [5, 5.41) is 10.9. The lowest BCUT2D eigenvalue weighted by Crippen LogP contribution is -2.35. The Morgan fingerprint density at radius 2 is 1.75 bits per heavy atom. The number of rotatable bonds is 5. The number of aryl methyl sites for hydroxylation is 2. The van der Waals surface area contributed by atoms with Crippen molar-refractivity contribution >= 4 is 0 Å². The molecule has 20 heavy (non-hydrogen) atoms. The van der Waals surface area contributed by atoms with Crippen molar-refractivity contribution in [2.45, 2.75) is 72.3 Å². The van der Waals surface area contributed by atoms with E-state index in [1.807, 2.05) is 0 Å². The fraction of sp³-hybridized carbons (Fsp3) is 0.684. The van der Waals surface area contributed by atoms with E-state index in [1.165, 1.54) is 48.8 Å². The van der Waals surface area contributed by atoms with Crippen LogP contribution >= 0.6 is 0 Å². The van der Waals surface area contributed by atoms with E-state index < -0.39 is 0 Å². The van der Waals surface area contributed by atoms with E-state index >= 15 is 0 Å². The maximum absolute atomic E-state index is 10.9. The third kappa shape index (κ3) is 3.44. The van der Waals surface area contributed by atoms with E-state index in [2.05, 4.69) is 45.9 Å². The van der Waals surface area contributed by atoms with Gasteiger partial charge in [0.25, 0.3) is 0 Å². The van der Waals surface area contributed by atoms with Gasteiger partial charge in [0.2, 0.25) is 0 Å². The second-order valence-corrected chi connectivity index (χ2v) is 7.31. The standard InChI is InChI=1S/C19H30O/c1-14(2)13-19(9-5-6-10-19)18(20)12-17-8-7-15(3)16(4)11-17/h7-8,11,14,18,20H,5-6,9-10,12-13H2,1-4H3. The number of benzene rings is 1. The molecule has 0 bridgehead atoms. The Kier molecular flexibility index (Phi) is 4.90. The Hall–Kier alpha value is -0.820. The Morgan fingerprint density at radius 3 is 2.30 bits per heavy atom. The molecule has 1 aliphatic carbocycles. The second kappa shape index (κ2) is 6.30. The van der Waals surface area contributed by atoms with E-state index in [1.54, 1.807) is 0 Å². The number of hydrogen-bond acceptors (Lipinski definition) is 1. The van der Waals surface area contributed by atoms with Crippen LogP contribution in [0, 0.1) is 25.2 Å². The molecule has 1 aliphatic rings. The summed E-state index contributed by atoms with van der Waals surface area (Å²) >= 11 is 0. The highest BCUT2D eigenvalue weighted by Crippen LogP contribution is 2.46. The molecule has 2 rings (SSSR count). The van der Waals surface area contributed by atoms with Crippen molar-refractivity contribution in [2.75, 3.05) is 0 Å². The zero-order valence-corrected chi connectivity index (χ0v) is 13.6. The van der Waals surface area contributed by atoms with Crippen LogP contribution in [0.3, 0.4) is 0 Å². The Morgan fingerprint density at radius 1 is 1.10 bits per heavy atom. The summed E-state index contributed by atoms with van der Waals surface area (Å²) in [4.78, 5) is 0. The third-order valence-corrected chi connectivity index (χ3v) is 5.12. The van der Waals surface area contributed by atoms with Crippen LogP contribution in [0.4, 0.5) is 0 Å². The summed E-state index contributed by atoms with van der Waals surface area (Å²) < 4.78 is 0. The minimum atomic E-state index is -0.186. The Balaban J connectivity index is 2.12. The van der Waals surface area contributed by atoms with Crippen LogP contribution < -0.4 is 0 Å². The van der Waals surface area contributed by atoms with E-state index in [9.17, 15) is 5.11 Å². The van der Waals surface area contributed by atoms with E-state index in [4.69, 9.17) is 0 Å². The molecule has 0 saturated heterocycles. The molecule has 1 unspecified atom stereocenters. The first-order chi connectivity index (χ1) is 9.43. The highest BCUT2D eigenvalue weighted by atomic mass is 16.3. The predicted octanol–water partition coefficient (Wildman–Crippen LogP) is 4.81. The average molecular weight is 274 g/mol. The molecule has 1 nitrogen and oxygen atoms in total. The van der Waals surface area contributed by atoms with E-state index in [0.29, 0.717) is 5.92 Å². The molecule has 1 heteroatoms. The predicted molar refractivity (Wildman–Crippen MR) is 86.0 cm³/mol. The van der Waals surface area contributed by atoms with Crippen LogP contribution in [0.25, 0.3) is 0 Å². The van der Waals surface area contributed by atoms with Gasteiger partial charge in [-0.3, -0.25) is 0 Å². The van der Waals surface area contributed by atoms with Crippen LogP contribution in [0.2, 0.25) is 0 Å². The van der Waals surface area contributed by atoms with Crippen molar-refractivity contribution < 1.29 is 5.11 Å². The zero-order valence-electron chi connectivity index (χ0n) is 13.6. The minimum absolute atomic E-state index is 0.174. The Labute approximate surface area is 124 Å². The van der Waals surface area contributed by atoms with Crippen molar-refractivity contribution in [1.29, 1.82) is 0 Å². The van der Waals surface area contributed by atoms with Gasteiger partial charge >= 0.3 is 0 Å². The molecule has 0 spiro atoms. The SMILES string of the molecule is Cc1ccc(CC(O)C2(CC(C)C)CCCC2)cc1C. The molecule has 0 aromatic heterocycles. The first-order valence-corrected chi connectivity index (χ1v) is 8.17. The normalized spacial score (nSPS) is 19.5. The molecule has 0 aliphatic heterocycles. The summed E-state index contributed by atoms with van der Waals surface area (Å²) in [6.45, 7) is 8.86. The van der Waals surface area contributed by atoms with Gasteiger partial charge in [0.1, 0.15) is 0 Å². The van der Waals surface area contributed by atoms with Gasteiger partial charge in [-0.25, -0.2) is 0 Å². The first kappa shape index (κ1) is 15.6. The summed E-state index contributed by atoms with van der Waals surface area (Å²) in [5.41, 5.74) is 4.13. The Bertz CT molecular complexity index is 441. The smallest absolute Gasteiger partial charge is 0.0636 e. The molecule has 0 amide bonds.